The lowest BCUT2D eigenvalue weighted by Crippen LogP contribution is -2.31. The second kappa shape index (κ2) is 8.19. The number of benzene rings is 1. The molecule has 1 saturated carbocycles. The summed E-state index contributed by atoms with van der Waals surface area (Å²) in [5.41, 5.74) is 2.08. The van der Waals surface area contributed by atoms with Gasteiger partial charge in [-0.2, -0.15) is 5.10 Å². The lowest BCUT2D eigenvalue weighted by molar-refractivity contribution is -0.117. The molecular formula is C22H28N4O2. The van der Waals surface area contributed by atoms with E-state index < -0.39 is 0 Å². The summed E-state index contributed by atoms with van der Waals surface area (Å²) < 4.78 is 7.95. The molecule has 4 rings (SSSR count). The van der Waals surface area contributed by atoms with E-state index in [4.69, 9.17) is 4.42 Å². The van der Waals surface area contributed by atoms with E-state index in [2.05, 4.69) is 23.4 Å². The van der Waals surface area contributed by atoms with Gasteiger partial charge in [0.1, 0.15) is 17.2 Å². The molecule has 1 amide bonds. The first-order valence-electron chi connectivity index (χ1n) is 10.2. The van der Waals surface area contributed by atoms with Gasteiger partial charge in [0, 0.05) is 30.0 Å². The first-order chi connectivity index (χ1) is 13.7. The van der Waals surface area contributed by atoms with Crippen molar-refractivity contribution >= 4 is 22.7 Å². The predicted molar refractivity (Wildman–Crippen MR) is 110 cm³/mol. The van der Waals surface area contributed by atoms with Gasteiger partial charge in [0.15, 0.2) is 0 Å². The molecule has 0 bridgehead atoms. The van der Waals surface area contributed by atoms with Crippen LogP contribution in [0.1, 0.15) is 50.0 Å². The van der Waals surface area contributed by atoms with Crippen LogP contribution in [0.2, 0.25) is 0 Å². The van der Waals surface area contributed by atoms with Crippen LogP contribution < -0.4 is 5.32 Å². The standard InChI is InChI=1S/C22H28N4O2/c1-3-19-18(17-10-6-7-11-20(17)28-19)14-25(2)15-22(27)24-21-12-13-23-26(21)16-8-4-5-9-16/h6-7,10-13,16H,3-5,8-9,14-15H2,1-2H3,(H,24,27). The number of para-hydroxylation sites is 1. The molecule has 6 nitrogen and oxygen atoms in total. The minimum atomic E-state index is -0.0203. The molecule has 0 atom stereocenters. The molecule has 2 heterocycles. The fourth-order valence-corrected chi connectivity index (χ4v) is 4.21. The number of furan rings is 1. The van der Waals surface area contributed by atoms with Gasteiger partial charge >= 0.3 is 0 Å². The van der Waals surface area contributed by atoms with Crippen molar-refractivity contribution in [1.82, 2.24) is 14.7 Å². The second-order valence-electron chi connectivity index (χ2n) is 7.67. The summed E-state index contributed by atoms with van der Waals surface area (Å²) >= 11 is 0. The van der Waals surface area contributed by atoms with E-state index >= 15 is 0 Å². The van der Waals surface area contributed by atoms with Crippen molar-refractivity contribution in [2.45, 2.75) is 51.6 Å². The molecule has 1 aliphatic carbocycles. The van der Waals surface area contributed by atoms with E-state index in [0.717, 1.165) is 41.8 Å². The summed E-state index contributed by atoms with van der Waals surface area (Å²) in [6.07, 6.45) is 7.35. The zero-order valence-electron chi connectivity index (χ0n) is 16.6. The molecule has 28 heavy (non-hydrogen) atoms. The highest BCUT2D eigenvalue weighted by atomic mass is 16.3. The summed E-state index contributed by atoms with van der Waals surface area (Å²) in [5, 5.41) is 8.59. The minimum Gasteiger partial charge on any atom is -0.461 e. The first kappa shape index (κ1) is 18.7. The molecular weight excluding hydrogens is 352 g/mol. The Bertz CT molecular complexity index is 953. The molecule has 3 aromatic rings. The molecule has 0 unspecified atom stereocenters. The number of hydrogen-bond acceptors (Lipinski definition) is 4. The van der Waals surface area contributed by atoms with Crippen LogP contribution in [0.5, 0.6) is 0 Å². The number of carbonyl (C=O) groups excluding carboxylic acids is 1. The Labute approximate surface area is 165 Å². The lowest BCUT2D eigenvalue weighted by atomic mass is 10.1. The van der Waals surface area contributed by atoms with E-state index in [9.17, 15) is 4.79 Å². The van der Waals surface area contributed by atoms with Crippen molar-refractivity contribution in [3.05, 3.63) is 47.9 Å². The van der Waals surface area contributed by atoms with E-state index in [1.54, 1.807) is 6.20 Å². The second-order valence-corrected chi connectivity index (χ2v) is 7.67. The molecule has 1 N–H and O–H groups in total. The summed E-state index contributed by atoms with van der Waals surface area (Å²) in [5.74, 6) is 1.77. The zero-order chi connectivity index (χ0) is 19.5. The van der Waals surface area contributed by atoms with Gasteiger partial charge in [0.2, 0.25) is 5.91 Å². The molecule has 0 saturated heterocycles. The van der Waals surface area contributed by atoms with Gasteiger partial charge in [-0.3, -0.25) is 9.69 Å². The number of amides is 1. The van der Waals surface area contributed by atoms with E-state index in [-0.39, 0.29) is 5.91 Å². The van der Waals surface area contributed by atoms with E-state index in [1.165, 1.54) is 18.4 Å². The van der Waals surface area contributed by atoms with Crippen molar-refractivity contribution in [3.8, 4) is 0 Å². The lowest BCUT2D eigenvalue weighted by Gasteiger charge is -2.18. The maximum atomic E-state index is 12.6. The molecule has 1 aromatic carbocycles. The fraction of sp³-hybridized carbons (Fsp3) is 0.455. The number of carbonyl (C=O) groups is 1. The summed E-state index contributed by atoms with van der Waals surface area (Å²) in [4.78, 5) is 14.6. The van der Waals surface area contributed by atoms with Crippen LogP contribution in [0.25, 0.3) is 11.0 Å². The number of anilines is 1. The average molecular weight is 380 g/mol. The van der Waals surface area contributed by atoms with Gasteiger partial charge in [0.25, 0.3) is 0 Å². The molecule has 0 spiro atoms. The average Bonchev–Trinajstić information content (AvgIpc) is 3.41. The summed E-state index contributed by atoms with van der Waals surface area (Å²) in [7, 11) is 1.97. The Morgan fingerprint density at radius 3 is 2.86 bits per heavy atom. The monoisotopic (exact) mass is 380 g/mol. The van der Waals surface area contributed by atoms with Crippen LogP contribution in [0.4, 0.5) is 5.82 Å². The Morgan fingerprint density at radius 1 is 1.29 bits per heavy atom. The van der Waals surface area contributed by atoms with Crippen LogP contribution in [0.3, 0.4) is 0 Å². The Hall–Kier alpha value is -2.60. The van der Waals surface area contributed by atoms with Gasteiger partial charge in [-0.05, 0) is 26.0 Å². The number of rotatable bonds is 7. The van der Waals surface area contributed by atoms with Crippen LogP contribution in [-0.4, -0.2) is 34.2 Å². The minimum absolute atomic E-state index is 0.0203. The van der Waals surface area contributed by atoms with Gasteiger partial charge in [0.05, 0.1) is 18.8 Å². The van der Waals surface area contributed by atoms with Gasteiger partial charge in [-0.15, -0.1) is 0 Å². The molecule has 148 valence electrons. The van der Waals surface area contributed by atoms with Gasteiger partial charge in [-0.25, -0.2) is 4.68 Å². The number of nitrogens with one attached hydrogen (secondary N) is 1. The molecule has 1 fully saturated rings. The van der Waals surface area contributed by atoms with Crippen LogP contribution in [0, 0.1) is 0 Å². The molecule has 1 aliphatic rings. The number of hydrogen-bond donors (Lipinski definition) is 1. The number of nitrogens with zero attached hydrogens (tertiary/aromatic N) is 3. The molecule has 0 aliphatic heterocycles. The van der Waals surface area contributed by atoms with Crippen LogP contribution in [0.15, 0.2) is 40.9 Å². The maximum absolute atomic E-state index is 12.6. The van der Waals surface area contributed by atoms with E-state index in [1.807, 2.05) is 40.9 Å². The van der Waals surface area contributed by atoms with Crippen molar-refractivity contribution in [1.29, 1.82) is 0 Å². The van der Waals surface area contributed by atoms with Crippen molar-refractivity contribution < 1.29 is 9.21 Å². The highest BCUT2D eigenvalue weighted by Crippen LogP contribution is 2.31. The largest absolute Gasteiger partial charge is 0.461 e. The normalized spacial score (nSPS) is 15.0. The third-order valence-electron chi connectivity index (χ3n) is 5.55. The zero-order valence-corrected chi connectivity index (χ0v) is 16.6. The Morgan fingerprint density at radius 2 is 2.07 bits per heavy atom. The Kier molecular flexibility index (Phi) is 5.48. The quantitative estimate of drug-likeness (QED) is 0.661. The summed E-state index contributed by atoms with van der Waals surface area (Å²) in [6.45, 7) is 3.09. The molecule has 0 radical (unpaired) electrons. The molecule has 2 aromatic heterocycles. The summed E-state index contributed by atoms with van der Waals surface area (Å²) in [6, 6.07) is 10.4. The highest BCUT2D eigenvalue weighted by Gasteiger charge is 2.21. The smallest absolute Gasteiger partial charge is 0.239 e. The van der Waals surface area contributed by atoms with E-state index in [0.29, 0.717) is 19.1 Å². The van der Waals surface area contributed by atoms with Crippen molar-refractivity contribution in [3.63, 3.8) is 0 Å². The highest BCUT2D eigenvalue weighted by molar-refractivity contribution is 5.91. The maximum Gasteiger partial charge on any atom is 0.239 e. The number of aromatic nitrogens is 2. The topological polar surface area (TPSA) is 63.3 Å². The van der Waals surface area contributed by atoms with Crippen molar-refractivity contribution in [2.75, 3.05) is 18.9 Å². The predicted octanol–water partition coefficient (Wildman–Crippen LogP) is 4.38. The van der Waals surface area contributed by atoms with Crippen LogP contribution >= 0.6 is 0 Å². The van der Waals surface area contributed by atoms with Crippen molar-refractivity contribution in [2.24, 2.45) is 0 Å². The first-order valence-corrected chi connectivity index (χ1v) is 10.2. The van der Waals surface area contributed by atoms with Gasteiger partial charge < -0.3 is 9.73 Å². The number of aryl methyl sites for hydroxylation is 1. The molecule has 6 heteroatoms. The SMILES string of the molecule is CCc1oc2ccccc2c1CN(C)CC(=O)Nc1ccnn1C1CCCC1. The Balaban J connectivity index is 1.41. The number of likely N-dealkylation sites (N-methyl/N-ethyl adjacent to an activating group) is 1. The third-order valence-corrected chi connectivity index (χ3v) is 5.55. The fourth-order valence-electron chi connectivity index (χ4n) is 4.21. The van der Waals surface area contributed by atoms with Crippen LogP contribution in [-0.2, 0) is 17.8 Å². The third kappa shape index (κ3) is 3.83. The van der Waals surface area contributed by atoms with Gasteiger partial charge in [-0.1, -0.05) is 38.0 Å². The number of fused-ring (bicyclic) bond motifs is 1.